The van der Waals surface area contributed by atoms with E-state index in [0.717, 1.165) is 10.9 Å². The second-order valence-electron chi connectivity index (χ2n) is 6.15. The van der Waals surface area contributed by atoms with Gasteiger partial charge in [-0.1, -0.05) is 23.7 Å². The molecule has 1 atom stereocenters. The highest BCUT2D eigenvalue weighted by atomic mass is 35.5. The Balaban J connectivity index is 1.77. The van der Waals surface area contributed by atoms with Crippen molar-refractivity contribution in [2.75, 3.05) is 5.32 Å². The molecule has 1 aliphatic rings. The van der Waals surface area contributed by atoms with Gasteiger partial charge in [0.1, 0.15) is 35.5 Å². The molecule has 30 heavy (non-hydrogen) atoms. The van der Waals surface area contributed by atoms with E-state index in [1.165, 1.54) is 30.3 Å². The number of carbonyl (C=O) groups excluding carboxylic acids is 2. The number of hydrogen-bond acceptors (Lipinski definition) is 7. The lowest BCUT2D eigenvalue weighted by Gasteiger charge is -2.16. The van der Waals surface area contributed by atoms with Gasteiger partial charge in [-0.05, 0) is 23.8 Å². The lowest BCUT2D eigenvalue weighted by Crippen LogP contribution is -2.29. The maximum atomic E-state index is 13.7. The van der Waals surface area contributed by atoms with E-state index in [2.05, 4.69) is 25.3 Å². The first-order chi connectivity index (χ1) is 14.3. The van der Waals surface area contributed by atoms with E-state index in [1.54, 1.807) is 6.07 Å². The number of nitrogens with zero attached hydrogens (tertiary/aromatic N) is 3. The Morgan fingerprint density at radius 2 is 2.07 bits per heavy atom. The summed E-state index contributed by atoms with van der Waals surface area (Å²) in [5.41, 5.74) is 4.62. The number of amides is 2. The molecule has 0 radical (unpaired) electrons. The molecule has 0 fully saturated rings. The van der Waals surface area contributed by atoms with Crippen LogP contribution in [0, 0.1) is 5.82 Å². The summed E-state index contributed by atoms with van der Waals surface area (Å²) in [6.45, 7) is 0. The Bertz CT molecular complexity index is 1250. The molecule has 2 aromatic heterocycles. The van der Waals surface area contributed by atoms with E-state index in [1.807, 2.05) is 0 Å². The number of pyridine rings is 1. The van der Waals surface area contributed by atoms with Crippen LogP contribution in [0.25, 0.3) is 0 Å². The summed E-state index contributed by atoms with van der Waals surface area (Å²) in [7, 11) is 0. The first-order valence-corrected chi connectivity index (χ1v) is 8.79. The number of nitrogens with one attached hydrogen (secondary N) is 2. The van der Waals surface area contributed by atoms with Gasteiger partial charge >= 0.3 is 6.09 Å². The van der Waals surface area contributed by atoms with Crippen LogP contribution < -0.4 is 26.7 Å². The number of anilines is 2. The van der Waals surface area contributed by atoms with Crippen molar-refractivity contribution in [1.29, 1.82) is 0 Å². The molecule has 0 saturated heterocycles. The van der Waals surface area contributed by atoms with Crippen molar-refractivity contribution >= 4 is 35.1 Å². The molecule has 4 N–H and O–H groups in total. The summed E-state index contributed by atoms with van der Waals surface area (Å²) in [6, 6.07) is 7.99. The topological polar surface area (TPSA) is 141 Å². The average Bonchev–Trinajstić information content (AvgIpc) is 3.04. The molecular weight excluding hydrogens is 419 g/mol. The van der Waals surface area contributed by atoms with E-state index >= 15 is 0 Å². The minimum absolute atomic E-state index is 0.00355. The van der Waals surface area contributed by atoms with E-state index in [9.17, 15) is 18.8 Å². The second-order valence-corrected chi connectivity index (χ2v) is 6.56. The first kappa shape index (κ1) is 19.3. The van der Waals surface area contributed by atoms with Gasteiger partial charge in [0.15, 0.2) is 0 Å². The largest absolute Gasteiger partial charge is 0.411 e. The summed E-state index contributed by atoms with van der Waals surface area (Å²) in [5.74, 6) is -1.12. The zero-order valence-corrected chi connectivity index (χ0v) is 15.7. The Morgan fingerprint density at radius 3 is 2.80 bits per heavy atom. The molecule has 1 aromatic carbocycles. The van der Waals surface area contributed by atoms with E-state index in [-0.39, 0.29) is 28.1 Å². The van der Waals surface area contributed by atoms with Crippen LogP contribution in [0.15, 0.2) is 47.5 Å². The van der Waals surface area contributed by atoms with Crippen LogP contribution in [0.3, 0.4) is 0 Å². The van der Waals surface area contributed by atoms with Crippen molar-refractivity contribution in [1.82, 2.24) is 19.9 Å². The molecule has 4 rings (SSSR count). The molecule has 152 valence electrons. The van der Waals surface area contributed by atoms with Crippen LogP contribution in [0.5, 0.6) is 5.88 Å². The van der Waals surface area contributed by atoms with Gasteiger partial charge in [0.05, 0.1) is 5.02 Å². The van der Waals surface area contributed by atoms with Gasteiger partial charge in [-0.25, -0.2) is 19.2 Å². The van der Waals surface area contributed by atoms with Gasteiger partial charge in [0.25, 0.3) is 11.5 Å². The van der Waals surface area contributed by atoms with E-state index in [4.69, 9.17) is 17.3 Å². The van der Waals surface area contributed by atoms with Crippen molar-refractivity contribution < 1.29 is 18.7 Å². The van der Waals surface area contributed by atoms with Crippen molar-refractivity contribution in [3.63, 3.8) is 0 Å². The molecule has 2 amide bonds. The monoisotopic (exact) mass is 430 g/mol. The van der Waals surface area contributed by atoms with E-state index in [0.29, 0.717) is 5.56 Å². The number of nitrogens with two attached hydrogens (primary N) is 1. The Labute approximate surface area is 172 Å². The normalized spacial score (nSPS) is 14.7. The first-order valence-electron chi connectivity index (χ1n) is 8.41. The van der Waals surface area contributed by atoms with Crippen LogP contribution in [0.2, 0.25) is 5.02 Å². The molecule has 10 nitrogen and oxygen atoms in total. The number of benzene rings is 1. The minimum atomic E-state index is -1.07. The number of aromatic nitrogens is 3. The molecule has 12 heteroatoms. The summed E-state index contributed by atoms with van der Waals surface area (Å²) < 4.78 is 19.5. The highest BCUT2D eigenvalue weighted by molar-refractivity contribution is 6.34. The summed E-state index contributed by atoms with van der Waals surface area (Å²) >= 11 is 6.24. The lowest BCUT2D eigenvalue weighted by atomic mass is 10.1. The van der Waals surface area contributed by atoms with Gasteiger partial charge in [0.2, 0.25) is 5.88 Å². The maximum Gasteiger partial charge on any atom is 0.411 e. The molecular formula is C18H12ClFN6O4. The Kier molecular flexibility index (Phi) is 4.80. The molecule has 0 aliphatic carbocycles. The zero-order chi connectivity index (χ0) is 21.4. The summed E-state index contributed by atoms with van der Waals surface area (Å²) in [4.78, 5) is 44.0. The van der Waals surface area contributed by atoms with Crippen LogP contribution in [-0.4, -0.2) is 26.5 Å². The molecule has 3 aromatic rings. The number of carbonyl (C=O) groups is 2. The van der Waals surface area contributed by atoms with Crippen LogP contribution >= 0.6 is 11.6 Å². The molecule has 0 bridgehead atoms. The number of rotatable bonds is 4. The smallest absolute Gasteiger partial charge is 0.391 e. The van der Waals surface area contributed by atoms with Crippen molar-refractivity contribution in [3.8, 4) is 5.88 Å². The zero-order valence-electron chi connectivity index (χ0n) is 14.9. The number of hydrogen-bond donors (Lipinski definition) is 3. The van der Waals surface area contributed by atoms with Crippen molar-refractivity contribution in [2.24, 2.45) is 5.73 Å². The summed E-state index contributed by atoms with van der Waals surface area (Å²) in [5, 5.41) is 5.35. The molecule has 1 aliphatic heterocycles. The second kappa shape index (κ2) is 7.44. The standard InChI is InChI=1S/C18H12ClFN6O4/c19-10-5-11(24-12-6-13(23-7-22-12)30-18(21)29)17(28)26-14(10)16(27)25-15(26)8-2-1-3-9(20)4-8/h1-7,15H,(H2,21,29)(H,25,27)(H,22,23,24). The predicted molar refractivity (Wildman–Crippen MR) is 103 cm³/mol. The molecule has 1 unspecified atom stereocenters. The highest BCUT2D eigenvalue weighted by Crippen LogP contribution is 2.29. The fourth-order valence-corrected chi connectivity index (χ4v) is 3.31. The number of halogens is 2. The van der Waals surface area contributed by atoms with Crippen LogP contribution in [-0.2, 0) is 0 Å². The van der Waals surface area contributed by atoms with Crippen LogP contribution in [0.1, 0.15) is 22.2 Å². The highest BCUT2D eigenvalue weighted by Gasteiger charge is 2.34. The van der Waals surface area contributed by atoms with Gasteiger partial charge in [0, 0.05) is 6.07 Å². The van der Waals surface area contributed by atoms with Gasteiger partial charge in [-0.3, -0.25) is 14.2 Å². The third-order valence-electron chi connectivity index (χ3n) is 4.20. The molecule has 0 spiro atoms. The minimum Gasteiger partial charge on any atom is -0.391 e. The van der Waals surface area contributed by atoms with Crippen molar-refractivity contribution in [2.45, 2.75) is 6.17 Å². The average molecular weight is 431 g/mol. The third kappa shape index (κ3) is 3.53. The quantitative estimate of drug-likeness (QED) is 0.574. The van der Waals surface area contributed by atoms with Crippen LogP contribution in [0.4, 0.5) is 20.7 Å². The maximum absolute atomic E-state index is 13.7. The SMILES string of the molecule is NC(=O)Oc1cc(Nc2cc(Cl)c3n(c2=O)C(c2cccc(F)c2)NC3=O)ncn1. The van der Waals surface area contributed by atoms with Gasteiger partial charge < -0.3 is 21.1 Å². The predicted octanol–water partition coefficient (Wildman–Crippen LogP) is 1.92. The Morgan fingerprint density at radius 1 is 1.27 bits per heavy atom. The molecule has 3 heterocycles. The fourth-order valence-electron chi connectivity index (χ4n) is 3.03. The van der Waals surface area contributed by atoms with Gasteiger partial charge in [-0.15, -0.1) is 0 Å². The number of primary amides is 1. The van der Waals surface area contributed by atoms with Crippen molar-refractivity contribution in [3.05, 3.63) is 75.2 Å². The molecule has 0 saturated carbocycles. The lowest BCUT2D eigenvalue weighted by molar-refractivity contribution is 0.0960. The number of fused-ring (bicyclic) bond motifs is 1. The third-order valence-corrected chi connectivity index (χ3v) is 4.49. The summed E-state index contributed by atoms with van der Waals surface area (Å²) in [6.07, 6.45) is -0.926. The van der Waals surface area contributed by atoms with Gasteiger partial charge in [-0.2, -0.15) is 0 Å². The Hall–Kier alpha value is -3.99. The number of ether oxygens (including phenoxy) is 1. The van der Waals surface area contributed by atoms with E-state index < -0.39 is 29.5 Å². The fraction of sp³-hybridized carbons (Fsp3) is 0.0556.